The van der Waals surface area contributed by atoms with Gasteiger partial charge in [0.2, 0.25) is 0 Å². The van der Waals surface area contributed by atoms with Gasteiger partial charge in [-0.2, -0.15) is 0 Å². The molecule has 0 saturated carbocycles. The Labute approximate surface area is 128 Å². The van der Waals surface area contributed by atoms with Gasteiger partial charge in [0, 0.05) is 17.1 Å². The van der Waals surface area contributed by atoms with Crippen molar-refractivity contribution < 1.29 is 4.79 Å². The first-order valence-corrected chi connectivity index (χ1v) is 7.37. The van der Waals surface area contributed by atoms with E-state index >= 15 is 0 Å². The standard InChI is InChI=1S/C17H18BrNO/c1-12-9-15(11-16(18)10-12)17(20)19(3)13(2)14-7-5-4-6-8-14/h4-11,13H,1-3H3. The smallest absolute Gasteiger partial charge is 0.254 e. The Balaban J connectivity index is 2.24. The van der Waals surface area contributed by atoms with E-state index in [2.05, 4.69) is 15.9 Å². The van der Waals surface area contributed by atoms with Gasteiger partial charge in [0.15, 0.2) is 0 Å². The predicted octanol–water partition coefficient (Wildman–Crippen LogP) is 4.59. The van der Waals surface area contributed by atoms with Crippen LogP contribution in [0.25, 0.3) is 0 Å². The van der Waals surface area contributed by atoms with Crippen molar-refractivity contribution in [1.29, 1.82) is 0 Å². The van der Waals surface area contributed by atoms with Gasteiger partial charge >= 0.3 is 0 Å². The maximum absolute atomic E-state index is 12.6. The molecule has 0 radical (unpaired) electrons. The third kappa shape index (κ3) is 3.28. The lowest BCUT2D eigenvalue weighted by Crippen LogP contribution is -2.29. The summed E-state index contributed by atoms with van der Waals surface area (Å²) in [4.78, 5) is 14.3. The summed E-state index contributed by atoms with van der Waals surface area (Å²) in [6.45, 7) is 4.03. The van der Waals surface area contributed by atoms with Gasteiger partial charge in [-0.1, -0.05) is 46.3 Å². The van der Waals surface area contributed by atoms with Gasteiger partial charge in [-0.3, -0.25) is 4.79 Å². The van der Waals surface area contributed by atoms with Crippen LogP contribution in [0.2, 0.25) is 0 Å². The fraction of sp³-hybridized carbons (Fsp3) is 0.235. The van der Waals surface area contributed by atoms with E-state index in [9.17, 15) is 4.79 Å². The van der Waals surface area contributed by atoms with Crippen molar-refractivity contribution in [1.82, 2.24) is 4.90 Å². The molecule has 0 spiro atoms. The van der Waals surface area contributed by atoms with Crippen LogP contribution in [-0.4, -0.2) is 17.9 Å². The molecule has 2 aromatic rings. The summed E-state index contributed by atoms with van der Waals surface area (Å²) >= 11 is 3.44. The molecule has 2 aromatic carbocycles. The average molecular weight is 332 g/mol. The highest BCUT2D eigenvalue weighted by Gasteiger charge is 2.19. The van der Waals surface area contributed by atoms with Crippen LogP contribution in [0.15, 0.2) is 53.0 Å². The molecule has 20 heavy (non-hydrogen) atoms. The van der Waals surface area contributed by atoms with E-state index in [1.165, 1.54) is 0 Å². The predicted molar refractivity (Wildman–Crippen MR) is 85.8 cm³/mol. The first-order chi connectivity index (χ1) is 9.49. The van der Waals surface area contributed by atoms with Crippen LogP contribution in [-0.2, 0) is 0 Å². The molecular formula is C17H18BrNO. The lowest BCUT2D eigenvalue weighted by molar-refractivity contribution is 0.0742. The van der Waals surface area contributed by atoms with Crippen molar-refractivity contribution in [2.75, 3.05) is 7.05 Å². The number of hydrogen-bond acceptors (Lipinski definition) is 1. The molecule has 2 nitrogen and oxygen atoms in total. The molecule has 0 bridgehead atoms. The van der Waals surface area contributed by atoms with Gasteiger partial charge in [-0.25, -0.2) is 0 Å². The molecule has 0 aliphatic heterocycles. The van der Waals surface area contributed by atoms with Gasteiger partial charge in [0.25, 0.3) is 5.91 Å². The highest BCUT2D eigenvalue weighted by Crippen LogP contribution is 2.22. The summed E-state index contributed by atoms with van der Waals surface area (Å²) in [5, 5.41) is 0. The molecule has 0 aliphatic rings. The van der Waals surface area contributed by atoms with E-state index in [4.69, 9.17) is 0 Å². The second-order valence-electron chi connectivity index (χ2n) is 5.02. The molecule has 1 atom stereocenters. The van der Waals surface area contributed by atoms with Gasteiger partial charge in [-0.05, 0) is 43.2 Å². The van der Waals surface area contributed by atoms with Crippen LogP contribution < -0.4 is 0 Å². The molecule has 3 heteroatoms. The molecule has 2 rings (SSSR count). The molecule has 0 saturated heterocycles. The fourth-order valence-corrected chi connectivity index (χ4v) is 2.80. The largest absolute Gasteiger partial charge is 0.335 e. The minimum atomic E-state index is 0.0331. The molecule has 104 valence electrons. The summed E-state index contributed by atoms with van der Waals surface area (Å²) < 4.78 is 0.932. The molecular weight excluding hydrogens is 314 g/mol. The molecule has 0 aromatic heterocycles. The van der Waals surface area contributed by atoms with Crippen LogP contribution in [0.3, 0.4) is 0 Å². The highest BCUT2D eigenvalue weighted by molar-refractivity contribution is 9.10. The molecule has 0 N–H and O–H groups in total. The monoisotopic (exact) mass is 331 g/mol. The second kappa shape index (κ2) is 6.23. The maximum Gasteiger partial charge on any atom is 0.254 e. The minimum absolute atomic E-state index is 0.0331. The van der Waals surface area contributed by atoms with Gasteiger partial charge in [0.05, 0.1) is 6.04 Å². The van der Waals surface area contributed by atoms with Gasteiger partial charge in [-0.15, -0.1) is 0 Å². The topological polar surface area (TPSA) is 20.3 Å². The van der Waals surface area contributed by atoms with E-state index in [-0.39, 0.29) is 11.9 Å². The number of halogens is 1. The third-order valence-corrected chi connectivity index (χ3v) is 3.93. The highest BCUT2D eigenvalue weighted by atomic mass is 79.9. The Kier molecular flexibility index (Phi) is 4.61. The summed E-state index contributed by atoms with van der Waals surface area (Å²) in [5.74, 6) is 0.0331. The Morgan fingerprint density at radius 1 is 1.15 bits per heavy atom. The number of amides is 1. The number of aryl methyl sites for hydroxylation is 1. The Morgan fingerprint density at radius 2 is 1.80 bits per heavy atom. The van der Waals surface area contributed by atoms with E-state index in [1.54, 1.807) is 4.90 Å². The van der Waals surface area contributed by atoms with Crippen molar-refractivity contribution in [3.8, 4) is 0 Å². The van der Waals surface area contributed by atoms with Crippen LogP contribution in [0, 0.1) is 6.92 Å². The second-order valence-corrected chi connectivity index (χ2v) is 5.94. The normalized spacial score (nSPS) is 12.0. The van der Waals surface area contributed by atoms with Gasteiger partial charge in [0.1, 0.15) is 0 Å². The lowest BCUT2D eigenvalue weighted by atomic mass is 10.1. The summed E-state index contributed by atoms with van der Waals surface area (Å²) in [6.07, 6.45) is 0. The van der Waals surface area contributed by atoms with Crippen molar-refractivity contribution in [2.24, 2.45) is 0 Å². The summed E-state index contributed by atoms with van der Waals surface area (Å²) in [5.41, 5.74) is 2.92. The number of carbonyl (C=O) groups is 1. The molecule has 1 unspecified atom stereocenters. The molecule has 0 heterocycles. The maximum atomic E-state index is 12.6. The van der Waals surface area contributed by atoms with Crippen molar-refractivity contribution in [3.05, 3.63) is 69.7 Å². The number of rotatable bonds is 3. The third-order valence-electron chi connectivity index (χ3n) is 3.47. The van der Waals surface area contributed by atoms with Crippen molar-refractivity contribution in [2.45, 2.75) is 19.9 Å². The fourth-order valence-electron chi connectivity index (χ4n) is 2.19. The summed E-state index contributed by atoms with van der Waals surface area (Å²) in [7, 11) is 1.84. The average Bonchev–Trinajstić information content (AvgIpc) is 2.45. The van der Waals surface area contributed by atoms with E-state index < -0.39 is 0 Å². The minimum Gasteiger partial charge on any atom is -0.335 e. The van der Waals surface area contributed by atoms with Crippen LogP contribution >= 0.6 is 15.9 Å². The van der Waals surface area contributed by atoms with Gasteiger partial charge < -0.3 is 4.90 Å². The Bertz CT molecular complexity index is 589. The van der Waals surface area contributed by atoms with Crippen molar-refractivity contribution in [3.63, 3.8) is 0 Å². The number of hydrogen-bond donors (Lipinski definition) is 0. The lowest BCUT2D eigenvalue weighted by Gasteiger charge is -2.25. The van der Waals surface area contributed by atoms with Crippen LogP contribution in [0.4, 0.5) is 0 Å². The molecule has 1 amide bonds. The zero-order chi connectivity index (χ0) is 14.7. The number of nitrogens with zero attached hydrogens (tertiary/aromatic N) is 1. The summed E-state index contributed by atoms with van der Waals surface area (Å²) in [6, 6.07) is 15.9. The molecule has 0 aliphatic carbocycles. The Morgan fingerprint density at radius 3 is 2.40 bits per heavy atom. The molecule has 0 fully saturated rings. The van der Waals surface area contributed by atoms with E-state index in [0.29, 0.717) is 5.56 Å². The van der Waals surface area contributed by atoms with E-state index in [0.717, 1.165) is 15.6 Å². The first kappa shape index (κ1) is 14.8. The Hall–Kier alpha value is -1.61. The first-order valence-electron chi connectivity index (χ1n) is 6.58. The number of benzene rings is 2. The zero-order valence-electron chi connectivity index (χ0n) is 11.9. The number of carbonyl (C=O) groups excluding carboxylic acids is 1. The van der Waals surface area contributed by atoms with Crippen LogP contribution in [0.5, 0.6) is 0 Å². The SMILES string of the molecule is Cc1cc(Br)cc(C(=O)N(C)C(C)c2ccccc2)c1. The quantitative estimate of drug-likeness (QED) is 0.805. The van der Waals surface area contributed by atoms with Crippen molar-refractivity contribution >= 4 is 21.8 Å². The van der Waals surface area contributed by atoms with Crippen LogP contribution in [0.1, 0.15) is 34.5 Å². The van der Waals surface area contributed by atoms with E-state index in [1.807, 2.05) is 69.4 Å². The zero-order valence-corrected chi connectivity index (χ0v) is 13.5.